The molecule has 0 unspecified atom stereocenters. The van der Waals surface area contributed by atoms with Gasteiger partial charge in [-0.15, -0.1) is 11.8 Å². The van der Waals surface area contributed by atoms with Gasteiger partial charge in [0, 0.05) is 37.4 Å². The molecule has 0 saturated heterocycles. The van der Waals surface area contributed by atoms with Crippen LogP contribution in [0.2, 0.25) is 0 Å². The molecule has 1 aromatic rings. The molecule has 6 heteroatoms. The van der Waals surface area contributed by atoms with Gasteiger partial charge in [0.05, 0.1) is 5.03 Å². The Kier molecular flexibility index (Phi) is 9.41. The van der Waals surface area contributed by atoms with Crippen LogP contribution in [0.3, 0.4) is 0 Å². The first-order valence-electron chi connectivity index (χ1n) is 9.34. The minimum Gasteiger partial charge on any atom is -0.355 e. The van der Waals surface area contributed by atoms with Crippen molar-refractivity contribution in [3.8, 4) is 0 Å². The molecular formula is C19H29N3O2S. The monoisotopic (exact) mass is 363 g/mol. The van der Waals surface area contributed by atoms with E-state index in [1.807, 2.05) is 18.2 Å². The number of hydrogen-bond acceptors (Lipinski definition) is 4. The summed E-state index contributed by atoms with van der Waals surface area (Å²) in [6.45, 7) is 0.588. The third-order valence-electron chi connectivity index (χ3n) is 4.36. The SMILES string of the molecule is O=C(CCC(=O)NC1CCCCCCC1)NCCSc1ccccn1. The van der Waals surface area contributed by atoms with Crippen LogP contribution in [0.1, 0.15) is 57.8 Å². The van der Waals surface area contributed by atoms with Crippen LogP contribution >= 0.6 is 11.8 Å². The van der Waals surface area contributed by atoms with E-state index in [0.717, 1.165) is 23.6 Å². The molecule has 0 aliphatic heterocycles. The number of amides is 2. The lowest BCUT2D eigenvalue weighted by molar-refractivity contribution is -0.126. The molecule has 2 rings (SSSR count). The van der Waals surface area contributed by atoms with Crippen LogP contribution < -0.4 is 10.6 Å². The average Bonchev–Trinajstić information content (AvgIpc) is 2.60. The minimum absolute atomic E-state index is 0.00332. The second kappa shape index (κ2) is 11.9. The van der Waals surface area contributed by atoms with E-state index in [2.05, 4.69) is 15.6 Å². The number of carbonyl (C=O) groups excluding carboxylic acids is 2. The fraction of sp³-hybridized carbons (Fsp3) is 0.632. The van der Waals surface area contributed by atoms with Gasteiger partial charge in [-0.3, -0.25) is 9.59 Å². The van der Waals surface area contributed by atoms with Crippen molar-refractivity contribution >= 4 is 23.6 Å². The summed E-state index contributed by atoms with van der Waals surface area (Å²) >= 11 is 1.61. The summed E-state index contributed by atoms with van der Waals surface area (Å²) in [4.78, 5) is 28.1. The Morgan fingerprint density at radius 3 is 2.48 bits per heavy atom. The van der Waals surface area contributed by atoms with E-state index in [1.54, 1.807) is 18.0 Å². The summed E-state index contributed by atoms with van der Waals surface area (Å²) in [5.74, 6) is 0.717. The number of thioether (sulfide) groups is 1. The van der Waals surface area contributed by atoms with Crippen molar-refractivity contribution < 1.29 is 9.59 Å². The van der Waals surface area contributed by atoms with Crippen molar-refractivity contribution in [2.45, 2.75) is 68.9 Å². The molecule has 0 bridgehead atoms. The van der Waals surface area contributed by atoms with E-state index in [4.69, 9.17) is 0 Å². The molecule has 2 N–H and O–H groups in total. The van der Waals surface area contributed by atoms with Gasteiger partial charge in [0.15, 0.2) is 0 Å². The summed E-state index contributed by atoms with van der Waals surface area (Å²) < 4.78 is 0. The van der Waals surface area contributed by atoms with Crippen molar-refractivity contribution in [1.82, 2.24) is 15.6 Å². The molecule has 25 heavy (non-hydrogen) atoms. The molecule has 0 spiro atoms. The molecule has 1 aromatic heterocycles. The normalized spacial score (nSPS) is 15.8. The Bertz CT molecular complexity index is 517. The van der Waals surface area contributed by atoms with Crippen molar-refractivity contribution in [2.24, 2.45) is 0 Å². The van der Waals surface area contributed by atoms with Crippen molar-refractivity contribution in [2.75, 3.05) is 12.3 Å². The number of pyridine rings is 1. The van der Waals surface area contributed by atoms with Gasteiger partial charge in [0.25, 0.3) is 0 Å². The zero-order valence-corrected chi connectivity index (χ0v) is 15.7. The van der Waals surface area contributed by atoms with E-state index < -0.39 is 0 Å². The van der Waals surface area contributed by atoms with Crippen LogP contribution in [0.5, 0.6) is 0 Å². The maximum atomic E-state index is 12.0. The molecule has 1 aliphatic carbocycles. The van der Waals surface area contributed by atoms with Crippen LogP contribution in [0.4, 0.5) is 0 Å². The molecule has 5 nitrogen and oxygen atoms in total. The van der Waals surface area contributed by atoms with Crippen molar-refractivity contribution in [3.63, 3.8) is 0 Å². The Morgan fingerprint density at radius 2 is 1.76 bits per heavy atom. The van der Waals surface area contributed by atoms with E-state index in [1.165, 1.54) is 32.1 Å². The van der Waals surface area contributed by atoms with E-state index in [-0.39, 0.29) is 24.7 Å². The lowest BCUT2D eigenvalue weighted by Crippen LogP contribution is -2.36. The van der Waals surface area contributed by atoms with Gasteiger partial charge in [-0.05, 0) is 25.0 Å². The third-order valence-corrected chi connectivity index (χ3v) is 5.31. The van der Waals surface area contributed by atoms with Crippen molar-refractivity contribution in [3.05, 3.63) is 24.4 Å². The standard InChI is InChI=1S/C19H29N3O2S/c23-17(20-14-15-25-19-10-6-7-13-21-19)11-12-18(24)22-16-8-4-2-1-3-5-9-16/h6-7,10,13,16H,1-5,8-9,11-12,14-15H2,(H,20,23)(H,22,24). The van der Waals surface area contributed by atoms with E-state index in [9.17, 15) is 9.59 Å². The summed E-state index contributed by atoms with van der Waals surface area (Å²) in [7, 11) is 0. The van der Waals surface area contributed by atoms with Gasteiger partial charge < -0.3 is 10.6 Å². The average molecular weight is 364 g/mol. The number of hydrogen-bond donors (Lipinski definition) is 2. The Labute approximate surface area is 154 Å². The number of carbonyl (C=O) groups is 2. The smallest absolute Gasteiger partial charge is 0.220 e. The van der Waals surface area contributed by atoms with Gasteiger partial charge in [-0.25, -0.2) is 4.98 Å². The van der Waals surface area contributed by atoms with E-state index >= 15 is 0 Å². The maximum Gasteiger partial charge on any atom is 0.220 e. The minimum atomic E-state index is -0.0607. The highest BCUT2D eigenvalue weighted by molar-refractivity contribution is 7.99. The first-order chi connectivity index (χ1) is 12.2. The highest BCUT2D eigenvalue weighted by Gasteiger charge is 2.14. The lowest BCUT2D eigenvalue weighted by atomic mass is 9.96. The summed E-state index contributed by atoms with van der Waals surface area (Å²) in [5, 5.41) is 6.92. The van der Waals surface area contributed by atoms with Gasteiger partial charge in [-0.1, -0.05) is 38.2 Å². The van der Waals surface area contributed by atoms with Crippen molar-refractivity contribution in [1.29, 1.82) is 0 Å². The number of aromatic nitrogens is 1. The summed E-state index contributed by atoms with van der Waals surface area (Å²) in [6.07, 6.45) is 10.7. The Hall–Kier alpha value is -1.56. The zero-order chi connectivity index (χ0) is 17.7. The molecule has 1 saturated carbocycles. The molecule has 0 atom stereocenters. The quantitative estimate of drug-likeness (QED) is 0.549. The molecule has 1 heterocycles. The predicted octanol–water partition coefficient (Wildman–Crippen LogP) is 3.30. The van der Waals surface area contributed by atoms with Crippen LogP contribution in [0.25, 0.3) is 0 Å². The third kappa shape index (κ3) is 8.91. The summed E-state index contributed by atoms with van der Waals surface area (Å²) in [5.41, 5.74) is 0. The first-order valence-corrected chi connectivity index (χ1v) is 10.3. The lowest BCUT2D eigenvalue weighted by Gasteiger charge is -2.21. The second-order valence-electron chi connectivity index (χ2n) is 6.48. The van der Waals surface area contributed by atoms with Crippen LogP contribution in [-0.2, 0) is 9.59 Å². The Morgan fingerprint density at radius 1 is 1.04 bits per heavy atom. The van der Waals surface area contributed by atoms with Gasteiger partial charge >= 0.3 is 0 Å². The first kappa shape index (κ1) is 19.8. The fourth-order valence-corrected chi connectivity index (χ4v) is 3.72. The topological polar surface area (TPSA) is 71.1 Å². The second-order valence-corrected chi connectivity index (χ2v) is 7.59. The van der Waals surface area contributed by atoms with E-state index in [0.29, 0.717) is 12.6 Å². The van der Waals surface area contributed by atoms with Crippen LogP contribution in [0.15, 0.2) is 29.4 Å². The number of nitrogens with zero attached hydrogens (tertiary/aromatic N) is 1. The molecule has 2 amide bonds. The molecule has 1 fully saturated rings. The number of rotatable bonds is 8. The van der Waals surface area contributed by atoms with Gasteiger partial charge in [0.1, 0.15) is 0 Å². The fourth-order valence-electron chi connectivity index (χ4n) is 2.99. The largest absolute Gasteiger partial charge is 0.355 e. The molecular weight excluding hydrogens is 334 g/mol. The van der Waals surface area contributed by atoms with Gasteiger partial charge in [0.2, 0.25) is 11.8 Å². The molecule has 0 radical (unpaired) electrons. The highest BCUT2D eigenvalue weighted by atomic mass is 32.2. The predicted molar refractivity (Wildman–Crippen MR) is 101 cm³/mol. The molecule has 0 aromatic carbocycles. The molecule has 138 valence electrons. The van der Waals surface area contributed by atoms with Crippen LogP contribution in [0, 0.1) is 0 Å². The zero-order valence-electron chi connectivity index (χ0n) is 14.8. The maximum absolute atomic E-state index is 12.0. The Balaban J connectivity index is 1.53. The summed E-state index contributed by atoms with van der Waals surface area (Å²) in [6, 6.07) is 6.08. The molecule has 1 aliphatic rings. The highest BCUT2D eigenvalue weighted by Crippen LogP contribution is 2.17. The van der Waals surface area contributed by atoms with Crippen LogP contribution in [-0.4, -0.2) is 35.1 Å². The van der Waals surface area contributed by atoms with Gasteiger partial charge in [-0.2, -0.15) is 0 Å². The number of nitrogens with one attached hydrogen (secondary N) is 2.